The fourth-order valence-corrected chi connectivity index (χ4v) is 4.61. The van der Waals surface area contributed by atoms with Crippen molar-refractivity contribution in [1.29, 1.82) is 0 Å². The average Bonchev–Trinajstić information content (AvgIpc) is 2.77. The van der Waals surface area contributed by atoms with E-state index >= 15 is 0 Å². The zero-order valence-corrected chi connectivity index (χ0v) is 20.1. The van der Waals surface area contributed by atoms with Gasteiger partial charge in [-0.25, -0.2) is 8.42 Å². The predicted octanol–water partition coefficient (Wildman–Crippen LogP) is 3.86. The molecule has 0 spiro atoms. The van der Waals surface area contributed by atoms with Crippen LogP contribution in [0.2, 0.25) is 5.02 Å². The second-order valence-electron chi connectivity index (χ2n) is 8.05. The highest BCUT2D eigenvalue weighted by molar-refractivity contribution is 7.90. The van der Waals surface area contributed by atoms with E-state index in [1.54, 1.807) is 18.2 Å². The number of hydrogen-bond donors (Lipinski definition) is 0. The maximum atomic E-state index is 12.6. The topological polar surface area (TPSA) is 109 Å². The molecule has 1 aliphatic carbocycles. The Labute approximate surface area is 201 Å². The zero-order valence-electron chi connectivity index (χ0n) is 18.6. The molecular weight excluding hydrogens is 484 g/mol. The number of ether oxygens (including phenoxy) is 3. The Morgan fingerprint density at radius 2 is 1.91 bits per heavy atom. The van der Waals surface area contributed by atoms with Crippen LogP contribution in [-0.4, -0.2) is 47.1 Å². The molecule has 1 fully saturated rings. The number of benzene rings is 2. The van der Waals surface area contributed by atoms with Crippen LogP contribution in [0.1, 0.15) is 12.8 Å². The summed E-state index contributed by atoms with van der Waals surface area (Å²) in [7, 11) is -2.14. The number of esters is 1. The van der Waals surface area contributed by atoms with Crippen LogP contribution in [0.25, 0.3) is 22.3 Å². The number of fused-ring (bicyclic) bond motifs is 1. The number of hydrogen-bond acceptors (Lipinski definition) is 8. The number of halogens is 1. The maximum absolute atomic E-state index is 12.6. The van der Waals surface area contributed by atoms with Crippen molar-refractivity contribution in [2.45, 2.75) is 23.8 Å². The molecule has 0 amide bonds. The van der Waals surface area contributed by atoms with Crippen molar-refractivity contribution in [2.75, 3.05) is 26.6 Å². The summed E-state index contributed by atoms with van der Waals surface area (Å²) in [5.41, 5.74) is 0.351. The third-order valence-corrected chi connectivity index (χ3v) is 7.08. The summed E-state index contributed by atoms with van der Waals surface area (Å²) in [6.07, 6.45) is 2.21. The van der Waals surface area contributed by atoms with Gasteiger partial charge in [-0.2, -0.15) is 0 Å². The van der Waals surface area contributed by atoms with Gasteiger partial charge >= 0.3 is 5.97 Å². The molecule has 0 unspecified atom stereocenters. The van der Waals surface area contributed by atoms with E-state index < -0.39 is 9.84 Å². The number of para-hydroxylation sites is 1. The van der Waals surface area contributed by atoms with Gasteiger partial charge in [0, 0.05) is 12.3 Å². The molecule has 8 nitrogen and oxygen atoms in total. The normalized spacial score (nSPS) is 17.9. The molecule has 1 aromatic heterocycles. The molecule has 4 rings (SSSR count). The van der Waals surface area contributed by atoms with Crippen LogP contribution in [0.3, 0.4) is 0 Å². The largest absolute Gasteiger partial charge is 0.490 e. The molecule has 34 heavy (non-hydrogen) atoms. The Bertz CT molecular complexity index is 1390. The second kappa shape index (κ2) is 9.77. The van der Waals surface area contributed by atoms with Gasteiger partial charge in [-0.1, -0.05) is 17.7 Å². The van der Waals surface area contributed by atoms with Gasteiger partial charge in [0.2, 0.25) is 0 Å². The van der Waals surface area contributed by atoms with Crippen LogP contribution < -0.4 is 10.2 Å². The van der Waals surface area contributed by atoms with Crippen molar-refractivity contribution in [3.63, 3.8) is 0 Å². The van der Waals surface area contributed by atoms with Crippen molar-refractivity contribution in [2.24, 2.45) is 5.92 Å². The van der Waals surface area contributed by atoms with Gasteiger partial charge in [-0.15, -0.1) is 0 Å². The predicted molar refractivity (Wildman–Crippen MR) is 126 cm³/mol. The van der Waals surface area contributed by atoms with Gasteiger partial charge in [-0.05, 0) is 43.2 Å². The Morgan fingerprint density at radius 3 is 2.62 bits per heavy atom. The first kappa shape index (κ1) is 24.3. The van der Waals surface area contributed by atoms with E-state index in [2.05, 4.69) is 0 Å². The molecule has 0 radical (unpaired) electrons. The monoisotopic (exact) mass is 506 g/mol. The first-order chi connectivity index (χ1) is 16.2. The number of carbonyl (C=O) groups excluding carboxylic acids is 1. The third-order valence-electron chi connectivity index (χ3n) is 5.68. The van der Waals surface area contributed by atoms with Crippen LogP contribution in [0.15, 0.2) is 56.6 Å². The number of sulfone groups is 1. The molecule has 0 bridgehead atoms. The Balaban J connectivity index is 1.56. The van der Waals surface area contributed by atoms with Gasteiger partial charge in [0.25, 0.3) is 0 Å². The Kier molecular flexibility index (Phi) is 6.97. The van der Waals surface area contributed by atoms with E-state index in [9.17, 15) is 18.0 Å². The quantitative estimate of drug-likeness (QED) is 0.334. The average molecular weight is 507 g/mol. The second-order valence-corrected chi connectivity index (χ2v) is 10.5. The molecule has 10 heteroatoms. The molecule has 1 heterocycles. The Morgan fingerprint density at radius 1 is 1.15 bits per heavy atom. The highest BCUT2D eigenvalue weighted by Crippen LogP contribution is 2.35. The fourth-order valence-electron chi connectivity index (χ4n) is 3.76. The minimum atomic E-state index is -3.50. The summed E-state index contributed by atoms with van der Waals surface area (Å²) < 4.78 is 46.3. The Hall–Kier alpha value is -2.88. The van der Waals surface area contributed by atoms with E-state index in [0.29, 0.717) is 23.8 Å². The number of rotatable bonds is 8. The third kappa shape index (κ3) is 5.11. The highest BCUT2D eigenvalue weighted by Gasteiger charge is 2.35. The molecule has 0 aliphatic heterocycles. The SMILES string of the molecule is COC(=O)[C@H]1C[C@@H](OCCOc2cc(S(C)(=O)=O)ccc2-c2cc(=O)c3cccc(Cl)c3o2)C1. The van der Waals surface area contributed by atoms with Gasteiger partial charge in [0.1, 0.15) is 18.1 Å². The minimum absolute atomic E-state index is 0.0600. The minimum Gasteiger partial charge on any atom is -0.490 e. The van der Waals surface area contributed by atoms with Gasteiger partial charge in [-0.3, -0.25) is 9.59 Å². The van der Waals surface area contributed by atoms with E-state index in [1.165, 1.54) is 31.4 Å². The molecule has 2 aromatic carbocycles. The maximum Gasteiger partial charge on any atom is 0.308 e. The molecular formula is C24H23ClO8S. The number of carbonyl (C=O) groups is 1. The molecule has 0 atom stereocenters. The number of methoxy groups -OCH3 is 1. The lowest BCUT2D eigenvalue weighted by molar-refractivity contribution is -0.155. The van der Waals surface area contributed by atoms with Crippen molar-refractivity contribution in [3.8, 4) is 17.1 Å². The van der Waals surface area contributed by atoms with Crippen LogP contribution in [0.5, 0.6) is 5.75 Å². The lowest BCUT2D eigenvalue weighted by Gasteiger charge is -2.32. The van der Waals surface area contributed by atoms with E-state index in [1.807, 2.05) is 0 Å². The highest BCUT2D eigenvalue weighted by atomic mass is 35.5. The van der Waals surface area contributed by atoms with Crippen LogP contribution >= 0.6 is 11.6 Å². The van der Waals surface area contributed by atoms with Crippen LogP contribution in [0.4, 0.5) is 0 Å². The standard InChI is InChI=1S/C24H23ClO8S/c1-30-24(27)14-10-15(11-14)31-8-9-32-21-12-16(34(2,28)29)6-7-18(21)22-13-20(26)17-4-3-5-19(25)23(17)33-22/h3-7,12-15H,8-11H2,1-2H3/t14-,15+. The van der Waals surface area contributed by atoms with Gasteiger partial charge < -0.3 is 18.6 Å². The first-order valence-electron chi connectivity index (χ1n) is 10.6. The fraction of sp³-hybridized carbons (Fsp3) is 0.333. The van der Waals surface area contributed by atoms with Crippen molar-refractivity contribution in [3.05, 3.63) is 57.7 Å². The van der Waals surface area contributed by atoms with Crippen molar-refractivity contribution in [1.82, 2.24) is 0 Å². The van der Waals surface area contributed by atoms with E-state index in [-0.39, 0.29) is 63.6 Å². The van der Waals surface area contributed by atoms with E-state index in [0.717, 1.165) is 6.26 Å². The van der Waals surface area contributed by atoms with Crippen molar-refractivity contribution >= 4 is 38.4 Å². The zero-order chi connectivity index (χ0) is 24.5. The summed E-state index contributed by atoms with van der Waals surface area (Å²) >= 11 is 6.21. The van der Waals surface area contributed by atoms with Gasteiger partial charge in [0.15, 0.2) is 20.8 Å². The molecule has 0 N–H and O–H groups in total. The smallest absolute Gasteiger partial charge is 0.308 e. The molecule has 180 valence electrons. The van der Waals surface area contributed by atoms with Crippen LogP contribution in [-0.2, 0) is 24.1 Å². The summed E-state index contributed by atoms with van der Waals surface area (Å²) in [6, 6.07) is 10.5. The lowest BCUT2D eigenvalue weighted by Crippen LogP contribution is -2.37. The molecule has 0 saturated heterocycles. The first-order valence-corrected chi connectivity index (χ1v) is 12.8. The summed E-state index contributed by atoms with van der Waals surface area (Å²) in [5, 5.41) is 0.622. The van der Waals surface area contributed by atoms with Crippen molar-refractivity contribution < 1.29 is 31.8 Å². The summed E-state index contributed by atoms with van der Waals surface area (Å²) in [5.74, 6) is 0.0375. The van der Waals surface area contributed by atoms with Crippen LogP contribution in [0, 0.1) is 5.92 Å². The molecule has 1 saturated carbocycles. The molecule has 1 aliphatic rings. The summed E-state index contributed by atoms with van der Waals surface area (Å²) in [6.45, 7) is 0.354. The summed E-state index contributed by atoms with van der Waals surface area (Å²) in [4.78, 5) is 24.2. The van der Waals surface area contributed by atoms with E-state index in [4.69, 9.17) is 30.2 Å². The molecule has 3 aromatic rings. The van der Waals surface area contributed by atoms with Gasteiger partial charge in [0.05, 0.1) is 46.6 Å². The lowest BCUT2D eigenvalue weighted by atomic mass is 9.82.